The zero-order chi connectivity index (χ0) is 12.8. The molecule has 0 aliphatic rings. The molecule has 3 heteroatoms. The van der Waals surface area contributed by atoms with Crippen LogP contribution in [0.2, 0.25) is 0 Å². The van der Waals surface area contributed by atoms with E-state index >= 15 is 0 Å². The van der Waals surface area contributed by atoms with Crippen LogP contribution in [0.25, 0.3) is 0 Å². The van der Waals surface area contributed by atoms with Gasteiger partial charge in [-0.3, -0.25) is 4.79 Å². The second-order valence-electron chi connectivity index (χ2n) is 5.38. The van der Waals surface area contributed by atoms with Gasteiger partial charge in [0.2, 0.25) is 0 Å². The summed E-state index contributed by atoms with van der Waals surface area (Å²) in [5, 5.41) is 9.53. The van der Waals surface area contributed by atoms with E-state index in [0.29, 0.717) is 19.6 Å². The summed E-state index contributed by atoms with van der Waals surface area (Å²) in [6, 6.07) is 0. The van der Waals surface area contributed by atoms with Crippen molar-refractivity contribution in [2.24, 2.45) is 10.8 Å². The van der Waals surface area contributed by atoms with Crippen LogP contribution in [0.15, 0.2) is 0 Å². The summed E-state index contributed by atoms with van der Waals surface area (Å²) in [7, 11) is 0. The van der Waals surface area contributed by atoms with Gasteiger partial charge >= 0.3 is 5.97 Å². The van der Waals surface area contributed by atoms with Gasteiger partial charge in [0.25, 0.3) is 0 Å². The molecular weight excluding hydrogens is 204 g/mol. The molecule has 3 nitrogen and oxygen atoms in total. The molecule has 0 aromatic heterocycles. The number of rotatable bonds is 7. The van der Waals surface area contributed by atoms with Crippen molar-refractivity contribution in [1.29, 1.82) is 0 Å². The summed E-state index contributed by atoms with van der Waals surface area (Å²) in [5.41, 5.74) is -1.05. The van der Waals surface area contributed by atoms with Gasteiger partial charge in [0, 0.05) is 6.61 Å². The van der Waals surface area contributed by atoms with Crippen molar-refractivity contribution in [3.63, 3.8) is 0 Å². The molecule has 0 heterocycles. The van der Waals surface area contributed by atoms with Crippen molar-refractivity contribution < 1.29 is 14.6 Å². The number of unbranched alkanes of at least 4 members (excludes halogenated alkanes) is 1. The summed E-state index contributed by atoms with van der Waals surface area (Å²) in [5.74, 6) is -0.734. The average molecular weight is 230 g/mol. The van der Waals surface area contributed by atoms with Crippen LogP contribution in [0, 0.1) is 10.8 Å². The lowest BCUT2D eigenvalue weighted by molar-refractivity contribution is -0.163. The number of hydrogen-bond donors (Lipinski definition) is 1. The molecule has 1 atom stereocenters. The fraction of sp³-hybridized carbons (Fsp3) is 0.923. The number of carboxylic acids is 1. The Kier molecular flexibility index (Phi) is 6.01. The Bertz CT molecular complexity index is 208. The molecule has 0 spiro atoms. The third-order valence-electron chi connectivity index (χ3n) is 3.35. The first-order chi connectivity index (χ1) is 7.31. The van der Waals surface area contributed by atoms with Crippen molar-refractivity contribution in [3.05, 3.63) is 0 Å². The van der Waals surface area contributed by atoms with Crippen molar-refractivity contribution in [3.8, 4) is 0 Å². The normalized spacial score (nSPS) is 15.8. The van der Waals surface area contributed by atoms with Gasteiger partial charge in [-0.25, -0.2) is 0 Å². The highest BCUT2D eigenvalue weighted by molar-refractivity contribution is 5.75. The molecule has 0 aliphatic heterocycles. The molecule has 0 fully saturated rings. The second kappa shape index (κ2) is 6.24. The van der Waals surface area contributed by atoms with Gasteiger partial charge in [0.15, 0.2) is 0 Å². The number of aliphatic carboxylic acids is 1. The van der Waals surface area contributed by atoms with Crippen molar-refractivity contribution >= 4 is 5.97 Å². The minimum atomic E-state index is -0.765. The highest BCUT2D eigenvalue weighted by Gasteiger charge is 2.48. The third-order valence-corrected chi connectivity index (χ3v) is 3.35. The zero-order valence-corrected chi connectivity index (χ0v) is 11.3. The van der Waals surface area contributed by atoms with Crippen LogP contribution >= 0.6 is 0 Å². The van der Waals surface area contributed by atoms with Crippen molar-refractivity contribution in [2.75, 3.05) is 13.2 Å². The van der Waals surface area contributed by atoms with Gasteiger partial charge in [-0.05, 0) is 18.8 Å². The first kappa shape index (κ1) is 15.4. The Morgan fingerprint density at radius 3 is 2.12 bits per heavy atom. The number of hydrogen-bond acceptors (Lipinski definition) is 2. The zero-order valence-electron chi connectivity index (χ0n) is 11.3. The molecule has 0 aliphatic carbocycles. The molecular formula is C13H26O3. The molecule has 0 amide bonds. The van der Waals surface area contributed by atoms with Crippen LogP contribution in [0.1, 0.15) is 53.9 Å². The van der Waals surface area contributed by atoms with E-state index in [1.54, 1.807) is 0 Å². The van der Waals surface area contributed by atoms with Crippen molar-refractivity contribution in [2.45, 2.75) is 53.9 Å². The largest absolute Gasteiger partial charge is 0.481 e. The predicted molar refractivity (Wildman–Crippen MR) is 65.5 cm³/mol. The fourth-order valence-corrected chi connectivity index (χ4v) is 1.91. The summed E-state index contributed by atoms with van der Waals surface area (Å²) >= 11 is 0. The Morgan fingerprint density at radius 2 is 1.81 bits per heavy atom. The molecule has 0 saturated heterocycles. The molecule has 0 radical (unpaired) electrons. The summed E-state index contributed by atoms with van der Waals surface area (Å²) in [6.07, 6.45) is 2.62. The van der Waals surface area contributed by atoms with E-state index in [1.165, 1.54) is 0 Å². The second-order valence-corrected chi connectivity index (χ2v) is 5.38. The number of ether oxygens (including phenoxy) is 1. The summed E-state index contributed by atoms with van der Waals surface area (Å²) in [6.45, 7) is 10.8. The van der Waals surface area contributed by atoms with Gasteiger partial charge < -0.3 is 9.84 Å². The standard InChI is InChI=1S/C13H26O3/c1-6-8-9-13(11(14)15,10-16-7-2)12(3,4)5/h6-10H2,1-5H3,(H,14,15). The van der Waals surface area contributed by atoms with E-state index in [0.717, 1.165) is 12.8 Å². The molecule has 0 aromatic rings. The van der Waals surface area contributed by atoms with E-state index in [1.807, 2.05) is 27.7 Å². The smallest absolute Gasteiger partial charge is 0.312 e. The quantitative estimate of drug-likeness (QED) is 0.729. The minimum absolute atomic E-state index is 0.289. The topological polar surface area (TPSA) is 46.5 Å². The van der Waals surface area contributed by atoms with Gasteiger partial charge in [0.1, 0.15) is 0 Å². The molecule has 0 rings (SSSR count). The van der Waals surface area contributed by atoms with E-state index < -0.39 is 11.4 Å². The third kappa shape index (κ3) is 3.48. The van der Waals surface area contributed by atoms with Gasteiger partial charge in [0.05, 0.1) is 12.0 Å². The minimum Gasteiger partial charge on any atom is -0.481 e. The van der Waals surface area contributed by atoms with Crippen molar-refractivity contribution in [1.82, 2.24) is 0 Å². The number of carbonyl (C=O) groups is 1. The van der Waals surface area contributed by atoms with Gasteiger partial charge in [-0.15, -0.1) is 0 Å². The summed E-state index contributed by atoms with van der Waals surface area (Å²) < 4.78 is 5.40. The first-order valence-electron chi connectivity index (χ1n) is 6.13. The maximum atomic E-state index is 11.6. The molecule has 0 bridgehead atoms. The van der Waals surface area contributed by atoms with Crippen LogP contribution in [0.5, 0.6) is 0 Å². The highest BCUT2D eigenvalue weighted by Crippen LogP contribution is 2.43. The lowest BCUT2D eigenvalue weighted by Gasteiger charge is -2.41. The van der Waals surface area contributed by atoms with Gasteiger partial charge in [-0.2, -0.15) is 0 Å². The Hall–Kier alpha value is -0.570. The lowest BCUT2D eigenvalue weighted by Crippen LogP contribution is -2.46. The lowest BCUT2D eigenvalue weighted by atomic mass is 9.64. The van der Waals surface area contributed by atoms with Crippen LogP contribution < -0.4 is 0 Å². The van der Waals surface area contributed by atoms with Crippen LogP contribution in [-0.4, -0.2) is 24.3 Å². The van der Waals surface area contributed by atoms with E-state index in [4.69, 9.17) is 4.74 Å². The van der Waals surface area contributed by atoms with E-state index in [2.05, 4.69) is 6.92 Å². The predicted octanol–water partition coefficient (Wildman–Crippen LogP) is 3.33. The molecule has 1 N–H and O–H groups in total. The van der Waals surface area contributed by atoms with E-state index in [-0.39, 0.29) is 5.41 Å². The SMILES string of the molecule is CCCCC(COCC)(C(=O)O)C(C)(C)C. The van der Waals surface area contributed by atoms with Crippen LogP contribution in [-0.2, 0) is 9.53 Å². The van der Waals surface area contributed by atoms with E-state index in [9.17, 15) is 9.90 Å². The Balaban J connectivity index is 4.98. The molecule has 1 unspecified atom stereocenters. The van der Waals surface area contributed by atoms with Crippen LogP contribution in [0.4, 0.5) is 0 Å². The highest BCUT2D eigenvalue weighted by atomic mass is 16.5. The molecule has 16 heavy (non-hydrogen) atoms. The first-order valence-corrected chi connectivity index (χ1v) is 6.13. The van der Waals surface area contributed by atoms with Gasteiger partial charge in [-0.1, -0.05) is 40.5 Å². The molecule has 96 valence electrons. The molecule has 0 aromatic carbocycles. The average Bonchev–Trinajstić information content (AvgIpc) is 2.16. The molecule has 0 saturated carbocycles. The fourth-order valence-electron chi connectivity index (χ4n) is 1.91. The monoisotopic (exact) mass is 230 g/mol. The van der Waals surface area contributed by atoms with Crippen LogP contribution in [0.3, 0.4) is 0 Å². The Morgan fingerprint density at radius 1 is 1.25 bits per heavy atom. The number of carboxylic acid groups (broad SMARTS) is 1. The maximum Gasteiger partial charge on any atom is 0.312 e. The maximum absolute atomic E-state index is 11.6. The Labute approximate surface area is 99.2 Å². The summed E-state index contributed by atoms with van der Waals surface area (Å²) in [4.78, 5) is 11.6.